The van der Waals surface area contributed by atoms with Crippen molar-refractivity contribution in [1.29, 1.82) is 0 Å². The van der Waals surface area contributed by atoms with Crippen molar-refractivity contribution in [2.24, 2.45) is 0 Å². The van der Waals surface area contributed by atoms with E-state index in [1.54, 1.807) is 30.3 Å². The number of ether oxygens (including phenoxy) is 1. The molecule has 0 unspecified atom stereocenters. The van der Waals surface area contributed by atoms with Gasteiger partial charge in [-0.1, -0.05) is 36.4 Å². The van der Waals surface area contributed by atoms with Crippen LogP contribution in [0.1, 0.15) is 46.9 Å². The van der Waals surface area contributed by atoms with E-state index in [0.29, 0.717) is 17.9 Å². The Labute approximate surface area is 196 Å². The van der Waals surface area contributed by atoms with Crippen LogP contribution in [0.25, 0.3) is 0 Å². The molecule has 174 valence electrons. The van der Waals surface area contributed by atoms with E-state index >= 15 is 0 Å². The molecule has 3 rings (SSSR count). The molecule has 7 heteroatoms. The topological polar surface area (TPSA) is 75.7 Å². The highest BCUT2D eigenvalue weighted by molar-refractivity contribution is 7.92. The Morgan fingerprint density at radius 2 is 1.70 bits per heavy atom. The summed E-state index contributed by atoms with van der Waals surface area (Å²) in [6.45, 7) is 6.57. The van der Waals surface area contributed by atoms with E-state index in [9.17, 15) is 13.2 Å². The Kier molecular flexibility index (Phi) is 7.76. The first-order valence-electron chi connectivity index (χ1n) is 10.8. The van der Waals surface area contributed by atoms with Crippen LogP contribution in [0.4, 0.5) is 5.69 Å². The monoisotopic (exact) mass is 466 g/mol. The highest BCUT2D eigenvalue weighted by Crippen LogP contribution is 2.22. The van der Waals surface area contributed by atoms with Gasteiger partial charge >= 0.3 is 0 Å². The van der Waals surface area contributed by atoms with Crippen LogP contribution in [0, 0.1) is 6.92 Å². The van der Waals surface area contributed by atoms with Gasteiger partial charge in [-0.25, -0.2) is 8.42 Å². The van der Waals surface area contributed by atoms with Crippen LogP contribution in [0.3, 0.4) is 0 Å². The van der Waals surface area contributed by atoms with Crippen LogP contribution in [0.2, 0.25) is 0 Å². The first kappa shape index (κ1) is 24.3. The number of nitrogens with one attached hydrogen (secondary N) is 1. The fraction of sp³-hybridized carbons (Fsp3) is 0.269. The number of aryl methyl sites for hydroxylation is 1. The molecule has 3 aromatic carbocycles. The third-order valence-electron chi connectivity index (χ3n) is 5.27. The molecule has 0 heterocycles. The molecule has 0 saturated heterocycles. The lowest BCUT2D eigenvalue weighted by Crippen LogP contribution is -2.29. The molecular formula is C26H30N2O4S. The number of anilines is 1. The molecule has 0 aliphatic rings. The second-order valence-corrected chi connectivity index (χ2v) is 9.91. The lowest BCUT2D eigenvalue weighted by Gasteiger charge is -2.23. The number of hydrogen-bond donors (Lipinski definition) is 1. The number of nitrogens with zero attached hydrogens (tertiary/aromatic N) is 1. The lowest BCUT2D eigenvalue weighted by atomic mass is 10.1. The van der Waals surface area contributed by atoms with Crippen molar-refractivity contribution in [3.63, 3.8) is 0 Å². The van der Waals surface area contributed by atoms with Gasteiger partial charge in [0.1, 0.15) is 5.75 Å². The fourth-order valence-electron chi connectivity index (χ4n) is 3.49. The van der Waals surface area contributed by atoms with Crippen LogP contribution in [-0.4, -0.2) is 27.2 Å². The molecule has 1 amide bonds. The second kappa shape index (κ2) is 10.5. The maximum atomic E-state index is 12.7. The zero-order valence-corrected chi connectivity index (χ0v) is 20.2. The highest BCUT2D eigenvalue weighted by atomic mass is 32.2. The standard InChI is InChI=1S/C26H30N2O4S/c1-5-32-25-15-13-22(14-16-25)20(3)27-26(29)23-11-9-21(10-12-23)18-28(33(4,30)31)24-8-6-7-19(2)17-24/h6-17,20H,5,18H2,1-4H3,(H,27,29)/t20-/m0/s1. The van der Waals surface area contributed by atoms with Gasteiger partial charge in [0.15, 0.2) is 0 Å². The lowest BCUT2D eigenvalue weighted by molar-refractivity contribution is 0.0940. The molecule has 0 spiro atoms. The largest absolute Gasteiger partial charge is 0.494 e. The Morgan fingerprint density at radius 1 is 1.03 bits per heavy atom. The molecule has 1 atom stereocenters. The molecule has 0 fully saturated rings. The van der Waals surface area contributed by atoms with Gasteiger partial charge in [0, 0.05) is 5.56 Å². The minimum absolute atomic E-state index is 0.171. The third kappa shape index (κ3) is 6.58. The Bertz CT molecular complexity index is 1190. The Balaban J connectivity index is 1.69. The number of rotatable bonds is 9. The summed E-state index contributed by atoms with van der Waals surface area (Å²) >= 11 is 0. The van der Waals surface area contributed by atoms with E-state index in [0.717, 1.165) is 22.4 Å². The van der Waals surface area contributed by atoms with Gasteiger partial charge in [-0.2, -0.15) is 0 Å². The van der Waals surface area contributed by atoms with Crippen LogP contribution in [0.5, 0.6) is 5.75 Å². The van der Waals surface area contributed by atoms with Crippen molar-refractivity contribution in [3.05, 3.63) is 95.1 Å². The maximum Gasteiger partial charge on any atom is 0.251 e. The van der Waals surface area contributed by atoms with Crippen molar-refractivity contribution >= 4 is 21.6 Å². The van der Waals surface area contributed by atoms with Gasteiger partial charge in [-0.05, 0) is 73.9 Å². The number of benzene rings is 3. The molecule has 0 aliphatic heterocycles. The Morgan fingerprint density at radius 3 is 2.27 bits per heavy atom. The average molecular weight is 467 g/mol. The van der Waals surface area contributed by atoms with Crippen LogP contribution >= 0.6 is 0 Å². The molecular weight excluding hydrogens is 436 g/mol. The normalized spacial score (nSPS) is 12.1. The Hall–Kier alpha value is -3.32. The number of carbonyl (C=O) groups is 1. The zero-order valence-electron chi connectivity index (χ0n) is 19.4. The van der Waals surface area contributed by atoms with Gasteiger partial charge in [0.25, 0.3) is 5.91 Å². The molecule has 33 heavy (non-hydrogen) atoms. The number of amides is 1. The van der Waals surface area contributed by atoms with E-state index < -0.39 is 10.0 Å². The number of hydrogen-bond acceptors (Lipinski definition) is 4. The maximum absolute atomic E-state index is 12.7. The molecule has 3 aromatic rings. The summed E-state index contributed by atoms with van der Waals surface area (Å²) in [5, 5.41) is 2.99. The molecule has 0 saturated carbocycles. The van der Waals surface area contributed by atoms with Crippen molar-refractivity contribution in [3.8, 4) is 5.75 Å². The predicted molar refractivity (Wildman–Crippen MR) is 132 cm³/mol. The second-order valence-electron chi connectivity index (χ2n) is 8.00. The van der Waals surface area contributed by atoms with Gasteiger partial charge in [-0.3, -0.25) is 9.10 Å². The molecule has 1 N–H and O–H groups in total. The molecule has 0 aromatic heterocycles. The summed E-state index contributed by atoms with van der Waals surface area (Å²) in [5.74, 6) is 0.603. The summed E-state index contributed by atoms with van der Waals surface area (Å²) in [4.78, 5) is 12.7. The fourth-order valence-corrected chi connectivity index (χ4v) is 4.37. The zero-order chi connectivity index (χ0) is 24.0. The van der Waals surface area contributed by atoms with Gasteiger partial charge in [-0.15, -0.1) is 0 Å². The SMILES string of the molecule is CCOc1ccc([C@H](C)NC(=O)c2ccc(CN(c3cccc(C)c3)S(C)(=O)=O)cc2)cc1. The van der Waals surface area contributed by atoms with Gasteiger partial charge < -0.3 is 10.1 Å². The molecule has 0 radical (unpaired) electrons. The minimum atomic E-state index is -3.47. The minimum Gasteiger partial charge on any atom is -0.494 e. The molecule has 0 bridgehead atoms. The summed E-state index contributed by atoms with van der Waals surface area (Å²) in [7, 11) is -3.47. The first-order chi connectivity index (χ1) is 15.7. The summed E-state index contributed by atoms with van der Waals surface area (Å²) in [5.41, 5.74) is 3.87. The summed E-state index contributed by atoms with van der Waals surface area (Å²) < 4.78 is 31.6. The van der Waals surface area contributed by atoms with E-state index in [1.807, 2.05) is 63.2 Å². The summed E-state index contributed by atoms with van der Waals surface area (Å²) in [6.07, 6.45) is 1.19. The first-order valence-corrected chi connectivity index (χ1v) is 12.7. The average Bonchev–Trinajstić information content (AvgIpc) is 2.77. The number of sulfonamides is 1. The molecule has 0 aliphatic carbocycles. The van der Waals surface area contributed by atoms with Crippen LogP contribution < -0.4 is 14.4 Å². The smallest absolute Gasteiger partial charge is 0.251 e. The van der Waals surface area contributed by atoms with Crippen molar-refractivity contribution in [1.82, 2.24) is 5.32 Å². The third-order valence-corrected chi connectivity index (χ3v) is 6.41. The highest BCUT2D eigenvalue weighted by Gasteiger charge is 2.18. The predicted octanol–water partition coefficient (Wildman–Crippen LogP) is 4.85. The van der Waals surface area contributed by atoms with Crippen molar-refractivity contribution in [2.75, 3.05) is 17.2 Å². The van der Waals surface area contributed by atoms with E-state index in [-0.39, 0.29) is 18.5 Å². The van der Waals surface area contributed by atoms with Crippen molar-refractivity contribution < 1.29 is 17.9 Å². The number of carbonyl (C=O) groups excluding carboxylic acids is 1. The van der Waals surface area contributed by atoms with Gasteiger partial charge in [0.2, 0.25) is 10.0 Å². The van der Waals surface area contributed by atoms with Crippen LogP contribution in [0.15, 0.2) is 72.8 Å². The van der Waals surface area contributed by atoms with E-state index in [4.69, 9.17) is 4.74 Å². The quantitative estimate of drug-likeness (QED) is 0.489. The summed E-state index contributed by atoms with van der Waals surface area (Å²) in [6, 6.07) is 21.8. The van der Waals surface area contributed by atoms with Crippen LogP contribution in [-0.2, 0) is 16.6 Å². The van der Waals surface area contributed by atoms with Gasteiger partial charge in [0.05, 0.1) is 31.1 Å². The van der Waals surface area contributed by atoms with E-state index in [1.165, 1.54) is 10.6 Å². The van der Waals surface area contributed by atoms with E-state index in [2.05, 4.69) is 5.32 Å². The molecule has 6 nitrogen and oxygen atoms in total. The van der Waals surface area contributed by atoms with Crippen molar-refractivity contribution in [2.45, 2.75) is 33.4 Å².